The van der Waals surface area contributed by atoms with Crippen molar-refractivity contribution >= 4 is 17.3 Å². The van der Waals surface area contributed by atoms with Crippen LogP contribution in [0.25, 0.3) is 5.52 Å². The summed E-state index contributed by atoms with van der Waals surface area (Å²) in [7, 11) is 1.36. The molecule has 3 rings (SSSR count). The number of ketones is 1. The van der Waals surface area contributed by atoms with Gasteiger partial charge in [-0.25, -0.2) is 4.79 Å². The Morgan fingerprint density at radius 3 is 2.68 bits per heavy atom. The van der Waals surface area contributed by atoms with Crippen LogP contribution in [-0.2, 0) is 4.74 Å². The number of carbonyl (C=O) groups is 2. The molecule has 1 aliphatic carbocycles. The van der Waals surface area contributed by atoms with Crippen LogP contribution in [-0.4, -0.2) is 23.3 Å². The van der Waals surface area contributed by atoms with Gasteiger partial charge in [0.25, 0.3) is 0 Å². The van der Waals surface area contributed by atoms with E-state index in [4.69, 9.17) is 4.74 Å². The van der Waals surface area contributed by atoms with Gasteiger partial charge in [0, 0.05) is 12.1 Å². The van der Waals surface area contributed by atoms with Crippen molar-refractivity contribution in [3.8, 4) is 0 Å². The first-order chi connectivity index (χ1) is 9.15. The van der Waals surface area contributed by atoms with E-state index in [-0.39, 0.29) is 11.7 Å². The predicted molar refractivity (Wildman–Crippen MR) is 70.5 cm³/mol. The number of carbonyl (C=O) groups excluding carboxylic acids is 2. The van der Waals surface area contributed by atoms with Crippen molar-refractivity contribution < 1.29 is 14.3 Å². The fourth-order valence-corrected chi connectivity index (χ4v) is 2.54. The summed E-state index contributed by atoms with van der Waals surface area (Å²) in [5.41, 5.74) is 2.57. The van der Waals surface area contributed by atoms with Gasteiger partial charge in [0.2, 0.25) is 0 Å². The van der Waals surface area contributed by atoms with E-state index in [0.717, 1.165) is 23.9 Å². The molecule has 0 bridgehead atoms. The molecular weight excluding hydrogens is 242 g/mol. The van der Waals surface area contributed by atoms with Gasteiger partial charge >= 0.3 is 5.97 Å². The molecule has 4 nitrogen and oxygen atoms in total. The van der Waals surface area contributed by atoms with Crippen molar-refractivity contribution in [1.29, 1.82) is 0 Å². The monoisotopic (exact) mass is 257 g/mol. The van der Waals surface area contributed by atoms with Crippen LogP contribution in [0.2, 0.25) is 0 Å². The van der Waals surface area contributed by atoms with Gasteiger partial charge in [-0.3, -0.25) is 4.79 Å². The molecular formula is C15H15NO3. The van der Waals surface area contributed by atoms with Gasteiger partial charge in [-0.05, 0) is 37.5 Å². The van der Waals surface area contributed by atoms with Crippen LogP contribution in [0.1, 0.15) is 39.3 Å². The Hall–Kier alpha value is -2.10. The lowest BCUT2D eigenvalue weighted by Gasteiger charge is -2.01. The van der Waals surface area contributed by atoms with Gasteiger partial charge in [-0.2, -0.15) is 0 Å². The third-order valence-electron chi connectivity index (χ3n) is 3.66. The van der Waals surface area contributed by atoms with Crippen LogP contribution in [0.3, 0.4) is 0 Å². The Labute approximate surface area is 111 Å². The van der Waals surface area contributed by atoms with Crippen molar-refractivity contribution in [2.45, 2.75) is 19.8 Å². The largest absolute Gasteiger partial charge is 0.465 e. The first-order valence-electron chi connectivity index (χ1n) is 6.37. The molecule has 4 heteroatoms. The number of hydrogen-bond acceptors (Lipinski definition) is 3. The fourth-order valence-electron chi connectivity index (χ4n) is 2.54. The van der Waals surface area contributed by atoms with Crippen LogP contribution in [0.15, 0.2) is 24.4 Å². The maximum atomic E-state index is 12.4. The molecule has 0 saturated heterocycles. The lowest BCUT2D eigenvalue weighted by atomic mass is 10.1. The molecule has 2 heterocycles. The third-order valence-corrected chi connectivity index (χ3v) is 3.66. The van der Waals surface area contributed by atoms with E-state index in [1.165, 1.54) is 7.11 Å². The van der Waals surface area contributed by atoms with E-state index in [1.807, 2.05) is 35.7 Å². The topological polar surface area (TPSA) is 47.8 Å². The second-order valence-corrected chi connectivity index (χ2v) is 4.93. The molecule has 1 saturated carbocycles. The minimum Gasteiger partial charge on any atom is -0.465 e. The molecule has 98 valence electrons. The van der Waals surface area contributed by atoms with Crippen molar-refractivity contribution in [1.82, 2.24) is 4.40 Å². The van der Waals surface area contributed by atoms with Crippen molar-refractivity contribution in [2.24, 2.45) is 5.92 Å². The summed E-state index contributed by atoms with van der Waals surface area (Å²) in [4.78, 5) is 24.3. The Balaban J connectivity index is 2.29. The zero-order valence-corrected chi connectivity index (χ0v) is 11.0. The van der Waals surface area contributed by atoms with Gasteiger partial charge in [0.1, 0.15) is 0 Å². The first-order valence-corrected chi connectivity index (χ1v) is 6.37. The van der Waals surface area contributed by atoms with E-state index >= 15 is 0 Å². The number of pyridine rings is 1. The highest BCUT2D eigenvalue weighted by Gasteiger charge is 2.35. The normalized spacial score (nSPS) is 14.6. The lowest BCUT2D eigenvalue weighted by Crippen LogP contribution is -2.07. The summed E-state index contributed by atoms with van der Waals surface area (Å²) in [5.74, 6) is -0.132. The quantitative estimate of drug-likeness (QED) is 0.627. The summed E-state index contributed by atoms with van der Waals surface area (Å²) in [5, 5.41) is 0. The van der Waals surface area contributed by atoms with Crippen molar-refractivity contribution in [3.63, 3.8) is 0 Å². The van der Waals surface area contributed by atoms with E-state index < -0.39 is 5.97 Å². The smallest absolute Gasteiger partial charge is 0.340 e. The maximum absolute atomic E-state index is 12.4. The standard InChI is InChI=1S/C15H15NO3/c1-9-12(15(18)19-2)11-5-3-4-8-16(11)13(9)14(17)10-6-7-10/h3-5,8,10H,6-7H2,1-2H3. The highest BCUT2D eigenvalue weighted by molar-refractivity contribution is 6.07. The molecule has 0 aliphatic heterocycles. The zero-order chi connectivity index (χ0) is 13.6. The highest BCUT2D eigenvalue weighted by Crippen LogP contribution is 2.35. The number of methoxy groups -OCH3 is 1. The summed E-state index contributed by atoms with van der Waals surface area (Å²) in [6.07, 6.45) is 3.72. The van der Waals surface area contributed by atoms with E-state index in [2.05, 4.69) is 0 Å². The number of aromatic nitrogens is 1. The zero-order valence-electron chi connectivity index (χ0n) is 11.0. The van der Waals surface area contributed by atoms with Gasteiger partial charge in [-0.1, -0.05) is 6.07 Å². The molecule has 0 atom stereocenters. The van der Waals surface area contributed by atoms with Gasteiger partial charge < -0.3 is 9.14 Å². The average Bonchev–Trinajstić information content (AvgIpc) is 3.21. The van der Waals surface area contributed by atoms with Crippen LogP contribution < -0.4 is 0 Å². The fraction of sp³-hybridized carbons (Fsp3) is 0.333. The third kappa shape index (κ3) is 1.75. The SMILES string of the molecule is COC(=O)c1c(C)c(C(=O)C2CC2)n2ccccc12. The van der Waals surface area contributed by atoms with Crippen LogP contribution >= 0.6 is 0 Å². The Morgan fingerprint density at radius 1 is 1.32 bits per heavy atom. The van der Waals surface area contributed by atoms with E-state index in [9.17, 15) is 9.59 Å². The Bertz CT molecular complexity index is 680. The molecule has 1 fully saturated rings. The summed E-state index contributed by atoms with van der Waals surface area (Å²) < 4.78 is 6.64. The highest BCUT2D eigenvalue weighted by atomic mass is 16.5. The molecule has 0 radical (unpaired) electrons. The molecule has 0 unspecified atom stereocenters. The molecule has 2 aromatic rings. The van der Waals surface area contributed by atoms with Crippen LogP contribution in [0.4, 0.5) is 0 Å². The second-order valence-electron chi connectivity index (χ2n) is 4.93. The van der Waals surface area contributed by atoms with Crippen LogP contribution in [0.5, 0.6) is 0 Å². The first kappa shape index (κ1) is 12.0. The molecule has 0 aromatic carbocycles. The Morgan fingerprint density at radius 2 is 2.05 bits per heavy atom. The minimum absolute atomic E-state index is 0.127. The molecule has 2 aromatic heterocycles. The number of ether oxygens (including phenoxy) is 1. The lowest BCUT2D eigenvalue weighted by molar-refractivity contribution is 0.0602. The summed E-state index contributed by atoms with van der Waals surface area (Å²) >= 11 is 0. The predicted octanol–water partition coefficient (Wildman–Crippen LogP) is 2.63. The molecule has 0 amide bonds. The average molecular weight is 257 g/mol. The second kappa shape index (κ2) is 4.23. The number of esters is 1. The number of fused-ring (bicyclic) bond motifs is 1. The summed E-state index contributed by atoms with van der Waals surface area (Å²) in [6.45, 7) is 1.81. The van der Waals surface area contributed by atoms with Crippen molar-refractivity contribution in [3.05, 3.63) is 41.2 Å². The van der Waals surface area contributed by atoms with Crippen LogP contribution in [0, 0.1) is 12.8 Å². The van der Waals surface area contributed by atoms with E-state index in [0.29, 0.717) is 11.3 Å². The molecule has 0 spiro atoms. The number of hydrogen-bond donors (Lipinski definition) is 0. The minimum atomic E-state index is -0.393. The molecule has 19 heavy (non-hydrogen) atoms. The molecule has 1 aliphatic rings. The van der Waals surface area contributed by atoms with E-state index in [1.54, 1.807) is 0 Å². The van der Waals surface area contributed by atoms with Crippen molar-refractivity contribution in [2.75, 3.05) is 7.11 Å². The van der Waals surface area contributed by atoms with Gasteiger partial charge in [0.05, 0.1) is 23.9 Å². The molecule has 0 N–H and O–H groups in total. The number of Topliss-reactive ketones (excluding diaryl/α,β-unsaturated/α-hetero) is 1. The Kier molecular flexibility index (Phi) is 2.66. The van der Waals surface area contributed by atoms with Gasteiger partial charge in [-0.15, -0.1) is 0 Å². The maximum Gasteiger partial charge on any atom is 0.340 e. The number of nitrogens with zero attached hydrogens (tertiary/aromatic N) is 1. The summed E-state index contributed by atoms with van der Waals surface area (Å²) in [6, 6.07) is 5.55. The number of rotatable bonds is 3. The van der Waals surface area contributed by atoms with Gasteiger partial charge in [0.15, 0.2) is 5.78 Å².